The topological polar surface area (TPSA) is 115 Å². The second kappa shape index (κ2) is 12.5. The summed E-state index contributed by atoms with van der Waals surface area (Å²) in [5.74, 6) is -1.60. The number of likely N-dealkylation sites (tertiary alicyclic amines) is 1. The normalized spacial score (nSPS) is 13.5. The molecule has 0 radical (unpaired) electrons. The Kier molecular flexibility index (Phi) is 8.88. The van der Waals surface area contributed by atoms with Gasteiger partial charge in [-0.15, -0.1) is 0 Å². The van der Waals surface area contributed by atoms with Crippen molar-refractivity contribution in [1.29, 1.82) is 0 Å². The van der Waals surface area contributed by atoms with Crippen molar-refractivity contribution in [3.8, 4) is 5.75 Å². The molecule has 10 nitrogen and oxygen atoms in total. The number of amides is 2. The number of nitrogens with zero attached hydrogens (tertiary/aromatic N) is 4. The highest BCUT2D eigenvalue weighted by Crippen LogP contribution is 2.16. The molecule has 3 heterocycles. The van der Waals surface area contributed by atoms with Gasteiger partial charge >= 0.3 is 5.56 Å². The number of rotatable bonds is 11. The minimum absolute atomic E-state index is 0.0109. The molecule has 0 saturated carbocycles. The van der Waals surface area contributed by atoms with Crippen LogP contribution in [0.15, 0.2) is 41.5 Å². The summed E-state index contributed by atoms with van der Waals surface area (Å²) in [7, 11) is 0. The van der Waals surface area contributed by atoms with Crippen LogP contribution in [0.5, 0.6) is 5.75 Å². The van der Waals surface area contributed by atoms with E-state index in [0.717, 1.165) is 25.7 Å². The largest absolute Gasteiger partial charge is 0.486 e. The summed E-state index contributed by atoms with van der Waals surface area (Å²) < 4.78 is 21.6. The van der Waals surface area contributed by atoms with Crippen LogP contribution in [0.2, 0.25) is 0 Å². The number of Topliss-reactive ketones (excluding diaryl/α,β-unsaturated/α-hetero) is 1. The molecule has 38 heavy (non-hydrogen) atoms. The van der Waals surface area contributed by atoms with Gasteiger partial charge in [-0.1, -0.05) is 25.5 Å². The van der Waals surface area contributed by atoms with E-state index < -0.39 is 17.3 Å². The molecule has 0 bridgehead atoms. The summed E-state index contributed by atoms with van der Waals surface area (Å²) in [6, 6.07) is 5.53. The minimum atomic E-state index is -0.737. The van der Waals surface area contributed by atoms with Crippen LogP contribution in [0.1, 0.15) is 55.1 Å². The fourth-order valence-electron chi connectivity index (χ4n) is 4.33. The summed E-state index contributed by atoms with van der Waals surface area (Å²) in [6.45, 7) is 3.26. The van der Waals surface area contributed by atoms with E-state index in [1.54, 1.807) is 11.1 Å². The Morgan fingerprint density at radius 3 is 2.53 bits per heavy atom. The first-order valence-corrected chi connectivity index (χ1v) is 12.9. The molecule has 0 spiro atoms. The lowest BCUT2D eigenvalue weighted by Crippen LogP contribution is -2.38. The summed E-state index contributed by atoms with van der Waals surface area (Å²) >= 11 is 0. The molecule has 0 unspecified atom stereocenters. The van der Waals surface area contributed by atoms with Gasteiger partial charge in [0.15, 0.2) is 11.5 Å². The zero-order valence-electron chi connectivity index (χ0n) is 21.5. The number of piperidine rings is 1. The van der Waals surface area contributed by atoms with Gasteiger partial charge in [-0.3, -0.25) is 19.2 Å². The van der Waals surface area contributed by atoms with E-state index >= 15 is 0 Å². The van der Waals surface area contributed by atoms with Crippen molar-refractivity contribution in [2.24, 2.45) is 0 Å². The molecular formula is C27H32FN5O5. The average molecular weight is 526 g/mol. The number of ether oxygens (including phenoxy) is 1. The fraction of sp³-hybridized carbons (Fsp3) is 0.444. The van der Waals surface area contributed by atoms with Crippen molar-refractivity contribution in [1.82, 2.24) is 24.2 Å². The highest BCUT2D eigenvalue weighted by atomic mass is 19.1. The molecule has 3 aromatic rings. The van der Waals surface area contributed by atoms with Crippen molar-refractivity contribution >= 4 is 23.4 Å². The lowest BCUT2D eigenvalue weighted by atomic mass is 10.1. The number of hydrogen-bond acceptors (Lipinski definition) is 6. The Hall–Kier alpha value is -4.02. The number of imidazole rings is 1. The molecule has 1 N–H and O–H groups in total. The maximum Gasteiger partial charge on any atom is 0.302 e. The Morgan fingerprint density at radius 1 is 1.08 bits per heavy atom. The second-order valence-corrected chi connectivity index (χ2v) is 9.36. The van der Waals surface area contributed by atoms with Crippen LogP contribution in [0.4, 0.5) is 4.39 Å². The SMILES string of the molecule is CCCCOc1c(C(=O)NCC(=O)Cc2ccc(F)cc2)nc2n(CC(=O)N3CCCCC3)ccn2c1=O. The number of aromatic nitrogens is 3. The third-order valence-corrected chi connectivity index (χ3v) is 6.44. The average Bonchev–Trinajstić information content (AvgIpc) is 3.33. The van der Waals surface area contributed by atoms with Crippen LogP contribution >= 0.6 is 0 Å². The first kappa shape index (κ1) is 27.0. The van der Waals surface area contributed by atoms with Crippen molar-refractivity contribution in [3.05, 3.63) is 64.1 Å². The molecule has 1 aliphatic heterocycles. The summed E-state index contributed by atoms with van der Waals surface area (Å²) in [6.07, 6.45) is 7.59. The van der Waals surface area contributed by atoms with Gasteiger partial charge in [-0.05, 0) is 43.4 Å². The van der Waals surface area contributed by atoms with E-state index in [1.807, 2.05) is 6.92 Å². The lowest BCUT2D eigenvalue weighted by Gasteiger charge is -2.26. The van der Waals surface area contributed by atoms with Crippen molar-refractivity contribution in [3.63, 3.8) is 0 Å². The number of unbranched alkanes of at least 4 members (excludes halogenated alkanes) is 1. The Balaban J connectivity index is 1.55. The number of benzene rings is 1. The van der Waals surface area contributed by atoms with Crippen LogP contribution in [-0.2, 0) is 22.6 Å². The zero-order chi connectivity index (χ0) is 27.1. The highest BCUT2D eigenvalue weighted by Gasteiger charge is 2.24. The van der Waals surface area contributed by atoms with E-state index in [2.05, 4.69) is 10.3 Å². The summed E-state index contributed by atoms with van der Waals surface area (Å²) in [5.41, 5.74) is -0.202. The molecule has 2 amide bonds. The van der Waals surface area contributed by atoms with Crippen LogP contribution in [-0.4, -0.2) is 62.7 Å². The van der Waals surface area contributed by atoms with Gasteiger partial charge in [0.2, 0.25) is 17.4 Å². The highest BCUT2D eigenvalue weighted by molar-refractivity contribution is 5.97. The Bertz CT molecular complexity index is 1360. The molecule has 0 atom stereocenters. The maximum absolute atomic E-state index is 13.3. The molecular weight excluding hydrogens is 493 g/mol. The Labute approximate surface area is 219 Å². The van der Waals surface area contributed by atoms with Crippen LogP contribution in [0.25, 0.3) is 5.78 Å². The van der Waals surface area contributed by atoms with E-state index in [9.17, 15) is 23.6 Å². The number of fused-ring (bicyclic) bond motifs is 1. The van der Waals surface area contributed by atoms with Gasteiger partial charge in [-0.2, -0.15) is 0 Å². The molecule has 0 aliphatic carbocycles. The van der Waals surface area contributed by atoms with Crippen molar-refractivity contribution < 1.29 is 23.5 Å². The van der Waals surface area contributed by atoms with Crippen molar-refractivity contribution in [2.75, 3.05) is 26.2 Å². The quantitative estimate of drug-likeness (QED) is 0.385. The monoisotopic (exact) mass is 525 g/mol. The fourth-order valence-corrected chi connectivity index (χ4v) is 4.33. The van der Waals surface area contributed by atoms with Gasteiger partial charge in [0, 0.05) is 31.9 Å². The predicted molar refractivity (Wildman–Crippen MR) is 138 cm³/mol. The van der Waals surface area contributed by atoms with Gasteiger partial charge in [0.05, 0.1) is 13.2 Å². The third kappa shape index (κ3) is 6.45. The number of halogens is 1. The summed E-state index contributed by atoms with van der Waals surface area (Å²) in [4.78, 5) is 57.8. The Morgan fingerprint density at radius 2 is 1.82 bits per heavy atom. The first-order valence-electron chi connectivity index (χ1n) is 12.9. The van der Waals surface area contributed by atoms with Crippen LogP contribution in [0, 0.1) is 5.82 Å². The third-order valence-electron chi connectivity index (χ3n) is 6.44. The second-order valence-electron chi connectivity index (χ2n) is 9.36. The van der Waals surface area contributed by atoms with Crippen LogP contribution in [0.3, 0.4) is 0 Å². The molecule has 1 saturated heterocycles. The van der Waals surface area contributed by atoms with Gasteiger partial charge in [0.25, 0.3) is 5.91 Å². The first-order chi connectivity index (χ1) is 18.4. The molecule has 2 aromatic heterocycles. The van der Waals surface area contributed by atoms with Gasteiger partial charge < -0.3 is 19.5 Å². The number of hydrogen-bond donors (Lipinski definition) is 1. The molecule has 1 aliphatic rings. The maximum atomic E-state index is 13.3. The van der Waals surface area contributed by atoms with Crippen molar-refractivity contribution in [2.45, 2.75) is 52.0 Å². The number of carbonyl (C=O) groups is 3. The zero-order valence-corrected chi connectivity index (χ0v) is 21.5. The number of ketones is 1. The number of nitrogens with one attached hydrogen (secondary N) is 1. The van der Waals surface area contributed by atoms with Crippen LogP contribution < -0.4 is 15.6 Å². The predicted octanol–water partition coefficient (Wildman–Crippen LogP) is 2.37. The van der Waals surface area contributed by atoms with E-state index in [1.165, 1.54) is 39.4 Å². The smallest absolute Gasteiger partial charge is 0.302 e. The summed E-state index contributed by atoms with van der Waals surface area (Å²) in [5, 5.41) is 2.52. The number of carbonyl (C=O) groups excluding carboxylic acids is 3. The molecule has 202 valence electrons. The molecule has 1 aromatic carbocycles. The standard InChI is InChI=1S/C27H32FN5O5/c1-2-3-15-38-24-23(25(36)29-17-21(34)16-19-7-9-20(28)10-8-19)30-27-32(13-14-33(27)26(24)37)18-22(35)31-11-5-4-6-12-31/h7-10,13-14H,2-6,11-12,15-18H2,1H3,(H,29,36). The molecule has 11 heteroatoms. The van der Waals surface area contributed by atoms with Gasteiger partial charge in [0.1, 0.15) is 12.4 Å². The van der Waals surface area contributed by atoms with E-state index in [-0.39, 0.29) is 55.0 Å². The van der Waals surface area contributed by atoms with E-state index in [4.69, 9.17) is 4.74 Å². The lowest BCUT2D eigenvalue weighted by molar-refractivity contribution is -0.132. The molecule has 4 rings (SSSR count). The molecule has 1 fully saturated rings. The van der Waals surface area contributed by atoms with Gasteiger partial charge in [-0.25, -0.2) is 13.8 Å². The van der Waals surface area contributed by atoms with E-state index in [0.29, 0.717) is 25.1 Å². The minimum Gasteiger partial charge on any atom is -0.486 e.